The van der Waals surface area contributed by atoms with Crippen molar-refractivity contribution in [3.63, 3.8) is 0 Å². The number of alkyl halides is 3. The van der Waals surface area contributed by atoms with Crippen LogP contribution in [0.2, 0.25) is 0 Å². The molecule has 1 aromatic carbocycles. The molecule has 0 atom stereocenters. The lowest BCUT2D eigenvalue weighted by Crippen LogP contribution is -2.27. The highest BCUT2D eigenvalue weighted by molar-refractivity contribution is 5.94. The Morgan fingerprint density at radius 3 is 2.39 bits per heavy atom. The number of hydrogen-bond donors (Lipinski definition) is 0. The highest BCUT2D eigenvalue weighted by Gasteiger charge is 2.38. The molecule has 1 aromatic heterocycles. The van der Waals surface area contributed by atoms with E-state index in [0.717, 1.165) is 25.9 Å². The average molecular weight is 325 g/mol. The van der Waals surface area contributed by atoms with Crippen LogP contribution in [0, 0.1) is 0 Å². The lowest BCUT2D eigenvalue weighted by Gasteiger charge is -2.15. The van der Waals surface area contributed by atoms with Gasteiger partial charge in [0.1, 0.15) is 0 Å². The van der Waals surface area contributed by atoms with E-state index in [1.807, 2.05) is 0 Å². The second-order valence-corrected chi connectivity index (χ2v) is 5.39. The molecule has 0 aliphatic carbocycles. The van der Waals surface area contributed by atoms with Crippen LogP contribution in [0.15, 0.2) is 28.8 Å². The Kier molecular flexibility index (Phi) is 4.06. The Morgan fingerprint density at radius 2 is 1.83 bits per heavy atom. The van der Waals surface area contributed by atoms with Gasteiger partial charge in [-0.25, -0.2) is 0 Å². The average Bonchev–Trinajstić information content (AvgIpc) is 3.18. The number of aromatic nitrogens is 2. The third-order valence-corrected chi connectivity index (χ3v) is 3.67. The molecule has 0 saturated carbocycles. The predicted octanol–water partition coefficient (Wildman–Crippen LogP) is 2.92. The lowest BCUT2D eigenvalue weighted by molar-refractivity contribution is -0.159. The van der Waals surface area contributed by atoms with Gasteiger partial charge >= 0.3 is 12.1 Å². The van der Waals surface area contributed by atoms with Crippen LogP contribution in [-0.4, -0.2) is 34.0 Å². The van der Waals surface area contributed by atoms with Gasteiger partial charge in [-0.3, -0.25) is 4.79 Å². The molecule has 3 rings (SSSR count). The summed E-state index contributed by atoms with van der Waals surface area (Å²) < 4.78 is 41.4. The first-order valence-electron chi connectivity index (χ1n) is 7.21. The van der Waals surface area contributed by atoms with Crippen molar-refractivity contribution < 1.29 is 22.5 Å². The monoisotopic (exact) mass is 325 g/mol. The largest absolute Gasteiger partial charge is 0.471 e. The van der Waals surface area contributed by atoms with Gasteiger partial charge in [0.25, 0.3) is 5.91 Å². The zero-order valence-corrected chi connectivity index (χ0v) is 12.1. The van der Waals surface area contributed by atoms with Gasteiger partial charge in [0, 0.05) is 25.1 Å². The first kappa shape index (κ1) is 15.5. The van der Waals surface area contributed by atoms with E-state index >= 15 is 0 Å². The fourth-order valence-corrected chi connectivity index (χ4v) is 2.49. The van der Waals surface area contributed by atoms with Crippen molar-refractivity contribution in [2.45, 2.75) is 25.4 Å². The molecule has 8 heteroatoms. The predicted molar refractivity (Wildman–Crippen MR) is 73.7 cm³/mol. The Bertz CT molecular complexity index is 689. The number of halogens is 3. The fraction of sp³-hybridized carbons (Fsp3) is 0.400. The van der Waals surface area contributed by atoms with Crippen molar-refractivity contribution in [1.82, 2.24) is 15.0 Å². The van der Waals surface area contributed by atoms with Crippen LogP contribution in [0.5, 0.6) is 0 Å². The molecular weight excluding hydrogens is 311 g/mol. The van der Waals surface area contributed by atoms with Crippen molar-refractivity contribution in [3.8, 4) is 0 Å². The number of likely N-dealkylation sites (tertiary alicyclic amines) is 1. The van der Waals surface area contributed by atoms with E-state index in [9.17, 15) is 18.0 Å². The Morgan fingerprint density at radius 1 is 1.17 bits per heavy atom. The normalized spacial score (nSPS) is 15.2. The van der Waals surface area contributed by atoms with Gasteiger partial charge in [0.2, 0.25) is 0 Å². The van der Waals surface area contributed by atoms with Crippen LogP contribution >= 0.6 is 0 Å². The maximum atomic E-state index is 12.4. The molecule has 1 aliphatic heterocycles. The molecule has 0 bridgehead atoms. The van der Waals surface area contributed by atoms with Gasteiger partial charge in [-0.15, -0.1) is 0 Å². The standard InChI is InChI=1S/C15H14F3N3O2/c16-15(17,18)14-19-12(20-23-14)9-10-3-5-11(6-4-10)13(22)21-7-1-2-8-21/h3-6H,1-2,7-9H2. The fourth-order valence-electron chi connectivity index (χ4n) is 2.49. The van der Waals surface area contributed by atoms with Gasteiger partial charge in [0.05, 0.1) is 0 Å². The van der Waals surface area contributed by atoms with Gasteiger partial charge in [-0.05, 0) is 30.5 Å². The summed E-state index contributed by atoms with van der Waals surface area (Å²) in [4.78, 5) is 17.3. The first-order chi connectivity index (χ1) is 10.9. The van der Waals surface area contributed by atoms with Crippen molar-refractivity contribution in [3.05, 3.63) is 47.1 Å². The second kappa shape index (κ2) is 6.02. The van der Waals surface area contributed by atoms with Crippen LogP contribution in [0.4, 0.5) is 13.2 Å². The van der Waals surface area contributed by atoms with E-state index in [4.69, 9.17) is 0 Å². The van der Waals surface area contributed by atoms with Gasteiger partial charge < -0.3 is 9.42 Å². The molecule has 2 aromatic rings. The second-order valence-electron chi connectivity index (χ2n) is 5.39. The molecule has 1 fully saturated rings. The number of amides is 1. The van der Waals surface area contributed by atoms with E-state index in [1.165, 1.54) is 0 Å². The lowest BCUT2D eigenvalue weighted by atomic mass is 10.1. The summed E-state index contributed by atoms with van der Waals surface area (Å²) in [6.45, 7) is 1.54. The maximum Gasteiger partial charge on any atom is 0.471 e. The van der Waals surface area contributed by atoms with Gasteiger partial charge in [0.15, 0.2) is 5.82 Å². The zero-order chi connectivity index (χ0) is 16.4. The minimum Gasteiger partial charge on any atom is -0.339 e. The highest BCUT2D eigenvalue weighted by Crippen LogP contribution is 2.27. The summed E-state index contributed by atoms with van der Waals surface area (Å²) >= 11 is 0. The molecule has 0 radical (unpaired) electrons. The number of nitrogens with zero attached hydrogens (tertiary/aromatic N) is 3. The molecule has 1 amide bonds. The first-order valence-corrected chi connectivity index (χ1v) is 7.21. The van der Waals surface area contributed by atoms with Crippen molar-refractivity contribution in [2.24, 2.45) is 0 Å². The highest BCUT2D eigenvalue weighted by atomic mass is 19.4. The molecule has 0 N–H and O–H groups in total. The van der Waals surface area contributed by atoms with E-state index in [2.05, 4.69) is 14.7 Å². The number of rotatable bonds is 3. The van der Waals surface area contributed by atoms with E-state index in [0.29, 0.717) is 11.1 Å². The molecule has 2 heterocycles. The zero-order valence-electron chi connectivity index (χ0n) is 12.1. The van der Waals surface area contributed by atoms with Crippen molar-refractivity contribution in [2.75, 3.05) is 13.1 Å². The van der Waals surface area contributed by atoms with Gasteiger partial charge in [-0.2, -0.15) is 18.2 Å². The number of hydrogen-bond acceptors (Lipinski definition) is 4. The van der Waals surface area contributed by atoms with Crippen molar-refractivity contribution >= 4 is 5.91 Å². The minimum absolute atomic E-state index is 0.0204. The smallest absolute Gasteiger partial charge is 0.339 e. The Balaban J connectivity index is 1.67. The summed E-state index contributed by atoms with van der Waals surface area (Å²) in [5.74, 6) is -1.42. The third-order valence-electron chi connectivity index (χ3n) is 3.67. The topological polar surface area (TPSA) is 59.2 Å². The molecule has 23 heavy (non-hydrogen) atoms. The van der Waals surface area contributed by atoms with Crippen LogP contribution in [0.1, 0.15) is 40.5 Å². The van der Waals surface area contributed by atoms with Crippen LogP contribution < -0.4 is 0 Å². The van der Waals surface area contributed by atoms with E-state index in [-0.39, 0.29) is 18.2 Å². The van der Waals surface area contributed by atoms with Crippen molar-refractivity contribution in [1.29, 1.82) is 0 Å². The summed E-state index contributed by atoms with van der Waals surface area (Å²) in [6, 6.07) is 6.71. The molecule has 1 aliphatic rings. The summed E-state index contributed by atoms with van der Waals surface area (Å²) in [7, 11) is 0. The van der Waals surface area contributed by atoms with Gasteiger partial charge in [-0.1, -0.05) is 17.3 Å². The van der Waals surface area contributed by atoms with Crippen LogP contribution in [0.25, 0.3) is 0 Å². The molecule has 0 unspecified atom stereocenters. The summed E-state index contributed by atoms with van der Waals surface area (Å²) in [6.07, 6.45) is -2.50. The number of carbonyl (C=O) groups excluding carboxylic acids is 1. The Labute approximate surface area is 130 Å². The molecule has 0 spiro atoms. The van der Waals surface area contributed by atoms with E-state index < -0.39 is 12.1 Å². The number of carbonyl (C=O) groups is 1. The van der Waals surface area contributed by atoms with Crippen LogP contribution in [-0.2, 0) is 12.6 Å². The molecule has 5 nitrogen and oxygen atoms in total. The Hall–Kier alpha value is -2.38. The molecular formula is C15H14F3N3O2. The molecule has 122 valence electrons. The molecule has 1 saturated heterocycles. The summed E-state index contributed by atoms with van der Waals surface area (Å²) in [5.41, 5.74) is 1.28. The minimum atomic E-state index is -4.64. The SMILES string of the molecule is O=C(c1ccc(Cc2noc(C(F)(F)F)n2)cc1)N1CCCC1. The van der Waals surface area contributed by atoms with Crippen LogP contribution in [0.3, 0.4) is 0 Å². The van der Waals surface area contributed by atoms with E-state index in [1.54, 1.807) is 29.2 Å². The maximum absolute atomic E-state index is 12.4. The summed E-state index contributed by atoms with van der Waals surface area (Å²) in [5, 5.41) is 3.32. The quantitative estimate of drug-likeness (QED) is 0.870. The number of benzene rings is 1. The third kappa shape index (κ3) is 3.52.